The first-order valence-electron chi connectivity index (χ1n) is 12.5. The van der Waals surface area contributed by atoms with Crippen LogP contribution in [0.25, 0.3) is 0 Å². The van der Waals surface area contributed by atoms with Crippen LogP contribution in [0.2, 0.25) is 0 Å². The third kappa shape index (κ3) is 2.92. The van der Waals surface area contributed by atoms with Gasteiger partial charge in [0.15, 0.2) is 0 Å². The predicted molar refractivity (Wildman–Crippen MR) is 144 cm³/mol. The molecule has 4 heteroatoms. The molecule has 0 amide bonds. The lowest BCUT2D eigenvalue weighted by Crippen LogP contribution is -2.33. The van der Waals surface area contributed by atoms with Gasteiger partial charge in [0, 0.05) is 77.1 Å². The third-order valence-corrected chi connectivity index (χ3v) is 7.96. The molecule has 0 saturated heterocycles. The lowest BCUT2D eigenvalue weighted by Gasteiger charge is -2.42. The molecule has 0 saturated carbocycles. The van der Waals surface area contributed by atoms with E-state index in [2.05, 4.69) is 106 Å². The number of allylic oxidation sites excluding steroid dienone is 5. The number of hydrogen-bond donors (Lipinski definition) is 0. The van der Waals surface area contributed by atoms with E-state index in [0.717, 1.165) is 25.1 Å². The fourth-order valence-corrected chi connectivity index (χ4v) is 6.32. The molecule has 0 bridgehead atoms. The number of aromatic nitrogens is 1. The fraction of sp³-hybridized carbons (Fsp3) is 0.226. The average Bonchev–Trinajstić information content (AvgIpc) is 3.23. The summed E-state index contributed by atoms with van der Waals surface area (Å²) in [7, 11) is 0. The number of fused-ring (bicyclic) bond motifs is 5. The Bertz CT molecular complexity index is 1460. The van der Waals surface area contributed by atoms with E-state index in [9.17, 15) is 0 Å². The van der Waals surface area contributed by atoms with Crippen molar-refractivity contribution in [3.05, 3.63) is 113 Å². The van der Waals surface area contributed by atoms with E-state index in [1.54, 1.807) is 0 Å². The highest BCUT2D eigenvalue weighted by atomic mass is 15.2. The second-order valence-electron chi connectivity index (χ2n) is 10.2. The van der Waals surface area contributed by atoms with Crippen LogP contribution in [0, 0.1) is 0 Å². The minimum Gasteiger partial charge on any atom is -0.314 e. The van der Waals surface area contributed by atoms with E-state index >= 15 is 0 Å². The molecule has 4 aliphatic rings. The van der Waals surface area contributed by atoms with Crippen molar-refractivity contribution >= 4 is 29.0 Å². The number of hydrogen-bond acceptors (Lipinski definition) is 4. The van der Waals surface area contributed by atoms with Crippen molar-refractivity contribution < 1.29 is 0 Å². The molecule has 172 valence electrons. The number of pyridine rings is 1. The molecule has 1 aromatic heterocycles. The Balaban J connectivity index is 1.42. The van der Waals surface area contributed by atoms with Gasteiger partial charge in [0.05, 0.1) is 0 Å². The summed E-state index contributed by atoms with van der Waals surface area (Å²) in [4.78, 5) is 13.6. The van der Waals surface area contributed by atoms with Crippen molar-refractivity contribution in [3.8, 4) is 0 Å². The highest BCUT2D eigenvalue weighted by Gasteiger charge is 2.46. The van der Waals surface area contributed by atoms with Crippen LogP contribution in [-0.2, 0) is 5.41 Å². The summed E-state index contributed by atoms with van der Waals surface area (Å²) in [5.41, 5.74) is 11.9. The van der Waals surface area contributed by atoms with E-state index in [1.165, 1.54) is 45.2 Å². The molecular weight excluding hydrogens is 428 g/mol. The second-order valence-corrected chi connectivity index (χ2v) is 10.2. The van der Waals surface area contributed by atoms with Gasteiger partial charge in [-0.05, 0) is 65.6 Å². The number of rotatable bonds is 3. The van der Waals surface area contributed by atoms with Gasteiger partial charge in [0.25, 0.3) is 0 Å². The number of nitrogens with zero attached hydrogens (tertiary/aromatic N) is 4. The average molecular weight is 457 g/mol. The van der Waals surface area contributed by atoms with Gasteiger partial charge in [0.1, 0.15) is 0 Å². The van der Waals surface area contributed by atoms with Gasteiger partial charge in [-0.25, -0.2) is 0 Å². The lowest BCUT2D eigenvalue weighted by atomic mass is 9.70. The molecule has 3 aromatic rings. The van der Waals surface area contributed by atoms with E-state index in [1.807, 2.05) is 18.6 Å². The van der Waals surface area contributed by atoms with E-state index < -0.39 is 0 Å². The van der Waals surface area contributed by atoms with Gasteiger partial charge in [-0.2, -0.15) is 0 Å². The summed E-state index contributed by atoms with van der Waals surface area (Å²) in [6.45, 7) is 5.56. The van der Waals surface area contributed by atoms with Crippen molar-refractivity contribution in [1.82, 2.24) is 4.98 Å². The molecule has 4 nitrogen and oxygen atoms in total. The number of benzene rings is 2. The van der Waals surface area contributed by atoms with Crippen LogP contribution >= 0.6 is 0 Å². The van der Waals surface area contributed by atoms with Crippen LogP contribution < -0.4 is 9.80 Å². The summed E-state index contributed by atoms with van der Waals surface area (Å²) in [5.74, 6) is 0.374. The Morgan fingerprint density at radius 1 is 0.971 bits per heavy atom. The van der Waals surface area contributed by atoms with Crippen LogP contribution in [0.5, 0.6) is 0 Å². The van der Waals surface area contributed by atoms with Crippen LogP contribution in [0.4, 0.5) is 22.7 Å². The fourth-order valence-electron chi connectivity index (χ4n) is 6.32. The zero-order valence-corrected chi connectivity index (χ0v) is 20.1. The highest BCUT2D eigenvalue weighted by molar-refractivity contribution is 5.87. The van der Waals surface area contributed by atoms with E-state index in [4.69, 9.17) is 0 Å². The topological polar surface area (TPSA) is 31.7 Å². The third-order valence-electron chi connectivity index (χ3n) is 7.96. The molecule has 35 heavy (non-hydrogen) atoms. The van der Waals surface area contributed by atoms with Gasteiger partial charge >= 0.3 is 0 Å². The molecule has 1 unspecified atom stereocenters. The van der Waals surface area contributed by atoms with Crippen molar-refractivity contribution in [2.75, 3.05) is 16.3 Å². The van der Waals surface area contributed by atoms with E-state index in [0.29, 0.717) is 5.92 Å². The summed E-state index contributed by atoms with van der Waals surface area (Å²) in [5, 5.41) is 0. The molecule has 0 spiro atoms. The maximum absolute atomic E-state index is 4.42. The molecule has 4 heterocycles. The molecule has 0 N–H and O–H groups in total. The number of anilines is 4. The second kappa shape index (κ2) is 7.54. The number of aliphatic imine (C=N–C) groups is 1. The van der Waals surface area contributed by atoms with Crippen LogP contribution in [0.15, 0.2) is 107 Å². The monoisotopic (exact) mass is 456 g/mol. The SMILES string of the molecule is CC1(C)C2=C3C(CC=C2)c2cc(N(C4=CC=NCC4)c4ccncc4)ccc2N3c2ccccc21. The van der Waals surface area contributed by atoms with Crippen LogP contribution in [0.1, 0.15) is 43.7 Å². The van der Waals surface area contributed by atoms with Crippen LogP contribution in [-0.4, -0.2) is 17.7 Å². The Hall–Kier alpha value is -3.92. The maximum Gasteiger partial charge on any atom is 0.0499 e. The first-order chi connectivity index (χ1) is 17.1. The Morgan fingerprint density at radius 3 is 2.66 bits per heavy atom. The zero-order chi connectivity index (χ0) is 23.6. The Kier molecular flexibility index (Phi) is 4.41. The van der Waals surface area contributed by atoms with Gasteiger partial charge < -0.3 is 9.80 Å². The summed E-state index contributed by atoms with van der Waals surface area (Å²) in [6, 6.07) is 20.1. The first-order valence-corrected chi connectivity index (χ1v) is 12.5. The number of para-hydroxylation sites is 1. The van der Waals surface area contributed by atoms with Crippen molar-refractivity contribution in [1.29, 1.82) is 0 Å². The van der Waals surface area contributed by atoms with E-state index in [-0.39, 0.29) is 5.41 Å². The standard InChI is InChI=1S/C31H28N4/c1-31(2)26-7-3-4-9-29(26)35-28-11-10-23(20-25(28)24-6-5-8-27(31)30(24)35)34(21-12-16-32-17-13-21)22-14-18-33-19-15-22/h3-5,7-14,16-18,20,24H,6,15,19H2,1-2H3. The summed E-state index contributed by atoms with van der Waals surface area (Å²) < 4.78 is 0. The molecule has 0 radical (unpaired) electrons. The molecular formula is C31H28N4. The van der Waals surface area contributed by atoms with Crippen molar-refractivity contribution in [3.63, 3.8) is 0 Å². The minimum atomic E-state index is -0.0161. The lowest BCUT2D eigenvalue weighted by molar-refractivity contribution is 0.598. The zero-order valence-electron chi connectivity index (χ0n) is 20.1. The van der Waals surface area contributed by atoms with Gasteiger partial charge in [0.2, 0.25) is 0 Å². The molecule has 0 fully saturated rings. The highest BCUT2D eigenvalue weighted by Crippen LogP contribution is 2.60. The van der Waals surface area contributed by atoms with Crippen molar-refractivity contribution in [2.24, 2.45) is 4.99 Å². The van der Waals surface area contributed by atoms with Gasteiger partial charge in [-0.15, -0.1) is 0 Å². The Labute approximate surface area is 206 Å². The van der Waals surface area contributed by atoms with Crippen LogP contribution in [0.3, 0.4) is 0 Å². The molecule has 7 rings (SSSR count). The minimum absolute atomic E-state index is 0.0161. The molecule has 2 aromatic carbocycles. The largest absolute Gasteiger partial charge is 0.314 e. The quantitative estimate of drug-likeness (QED) is 0.414. The molecule has 3 aliphatic heterocycles. The van der Waals surface area contributed by atoms with Gasteiger partial charge in [-0.1, -0.05) is 44.2 Å². The predicted octanol–water partition coefficient (Wildman–Crippen LogP) is 7.32. The molecule has 1 aliphatic carbocycles. The van der Waals surface area contributed by atoms with Crippen molar-refractivity contribution in [2.45, 2.75) is 38.0 Å². The summed E-state index contributed by atoms with van der Waals surface area (Å²) >= 11 is 0. The number of dihydropyridines is 1. The normalized spacial score (nSPS) is 20.8. The van der Waals surface area contributed by atoms with Gasteiger partial charge in [-0.3, -0.25) is 9.98 Å². The summed E-state index contributed by atoms with van der Waals surface area (Å²) in [6.07, 6.45) is 14.5. The molecule has 1 atom stereocenters. The Morgan fingerprint density at radius 2 is 1.83 bits per heavy atom. The smallest absolute Gasteiger partial charge is 0.0499 e. The maximum atomic E-state index is 4.42. The first kappa shape index (κ1) is 20.5.